The van der Waals surface area contributed by atoms with Crippen molar-refractivity contribution in [3.05, 3.63) is 120 Å². The first-order valence-corrected chi connectivity index (χ1v) is 12.1. The molecule has 0 atom stereocenters. The molecular formula is C32H27N3. The molecule has 170 valence electrons. The largest absolute Gasteiger partial charge is 0.340 e. The molecule has 0 fully saturated rings. The highest BCUT2D eigenvalue weighted by Crippen LogP contribution is 2.36. The Morgan fingerprint density at radius 2 is 1.31 bits per heavy atom. The predicted octanol–water partition coefficient (Wildman–Crippen LogP) is 8.45. The highest BCUT2D eigenvalue weighted by molar-refractivity contribution is 6.19. The summed E-state index contributed by atoms with van der Waals surface area (Å²) in [5, 5.41) is 12.1. The van der Waals surface area contributed by atoms with E-state index in [1.54, 1.807) is 0 Å². The number of nitrogens with zero attached hydrogens (tertiary/aromatic N) is 3. The molecule has 3 heteroatoms. The second-order valence-corrected chi connectivity index (χ2v) is 8.88. The molecule has 0 amide bonds. The van der Waals surface area contributed by atoms with Gasteiger partial charge in [0.05, 0.1) is 23.1 Å². The maximum Gasteiger partial charge on any atom is 0.0652 e. The summed E-state index contributed by atoms with van der Waals surface area (Å²) in [6, 6.07) is 38.3. The molecule has 0 radical (unpaired) electrons. The molecule has 35 heavy (non-hydrogen) atoms. The number of rotatable bonds is 5. The molecule has 0 spiro atoms. The van der Waals surface area contributed by atoms with Crippen LogP contribution in [-0.2, 0) is 6.54 Å². The maximum atomic E-state index is 4.92. The summed E-state index contributed by atoms with van der Waals surface area (Å²) < 4.78 is 2.44. The van der Waals surface area contributed by atoms with E-state index in [0.29, 0.717) is 0 Å². The molecule has 1 aromatic heterocycles. The fraction of sp³-hybridized carbons (Fsp3) is 0.0938. The minimum Gasteiger partial charge on any atom is -0.340 e. The SMILES string of the molecule is CCn1c2ccc(C=NN(c3ccccc3)c3ccccc3)cc2c2cc(C)c3ccccc3c21. The van der Waals surface area contributed by atoms with E-state index in [9.17, 15) is 0 Å². The van der Waals surface area contributed by atoms with Crippen LogP contribution in [0, 0.1) is 6.92 Å². The van der Waals surface area contributed by atoms with Gasteiger partial charge in [0.25, 0.3) is 0 Å². The van der Waals surface area contributed by atoms with Crippen LogP contribution < -0.4 is 5.01 Å². The molecule has 5 aromatic carbocycles. The Balaban J connectivity index is 1.51. The minimum absolute atomic E-state index is 0.927. The van der Waals surface area contributed by atoms with E-state index in [0.717, 1.165) is 23.5 Å². The molecule has 0 bridgehead atoms. The Morgan fingerprint density at radius 1 is 0.686 bits per heavy atom. The first kappa shape index (κ1) is 21.2. The lowest BCUT2D eigenvalue weighted by Crippen LogP contribution is -2.09. The van der Waals surface area contributed by atoms with Gasteiger partial charge in [-0.05, 0) is 72.8 Å². The quantitative estimate of drug-likeness (QED) is 0.189. The standard InChI is InChI=1S/C32H27N3/c1-3-34-31-19-18-24(21-29(31)30-20-23(2)27-16-10-11-17-28(27)32(30)34)22-33-35(25-12-6-4-7-13-25)26-14-8-5-9-15-26/h4-22H,3H2,1-2H3. The van der Waals surface area contributed by atoms with E-state index in [1.807, 2.05) is 47.6 Å². The highest BCUT2D eigenvalue weighted by Gasteiger charge is 2.14. The number of hydrogen-bond acceptors (Lipinski definition) is 2. The summed E-state index contributed by atoms with van der Waals surface area (Å²) >= 11 is 0. The van der Waals surface area contributed by atoms with Crippen molar-refractivity contribution >= 4 is 50.2 Å². The van der Waals surface area contributed by atoms with Crippen molar-refractivity contribution in [2.45, 2.75) is 20.4 Å². The lowest BCUT2D eigenvalue weighted by molar-refractivity contribution is 0.829. The first-order chi connectivity index (χ1) is 17.2. The van der Waals surface area contributed by atoms with Crippen LogP contribution in [0.25, 0.3) is 32.6 Å². The normalized spacial score (nSPS) is 11.7. The molecule has 0 unspecified atom stereocenters. The van der Waals surface area contributed by atoms with E-state index in [1.165, 1.54) is 38.1 Å². The van der Waals surface area contributed by atoms with Crippen molar-refractivity contribution in [2.75, 3.05) is 5.01 Å². The van der Waals surface area contributed by atoms with Gasteiger partial charge in [-0.2, -0.15) is 5.10 Å². The number of aryl methyl sites for hydroxylation is 2. The summed E-state index contributed by atoms with van der Waals surface area (Å²) in [6.45, 7) is 5.36. The number of hydrazone groups is 1. The van der Waals surface area contributed by atoms with E-state index in [4.69, 9.17) is 5.10 Å². The van der Waals surface area contributed by atoms with Gasteiger partial charge in [0.15, 0.2) is 0 Å². The average molecular weight is 454 g/mol. The van der Waals surface area contributed by atoms with Gasteiger partial charge in [-0.1, -0.05) is 66.7 Å². The van der Waals surface area contributed by atoms with Gasteiger partial charge < -0.3 is 4.57 Å². The smallest absolute Gasteiger partial charge is 0.0652 e. The van der Waals surface area contributed by atoms with E-state index in [2.05, 4.69) is 91.2 Å². The second kappa shape index (κ2) is 8.77. The minimum atomic E-state index is 0.927. The third-order valence-electron chi connectivity index (χ3n) is 6.73. The summed E-state index contributed by atoms with van der Waals surface area (Å²) in [5.41, 5.74) is 7.02. The first-order valence-electron chi connectivity index (χ1n) is 12.1. The van der Waals surface area contributed by atoms with Crippen LogP contribution in [0.3, 0.4) is 0 Å². The Morgan fingerprint density at radius 3 is 1.97 bits per heavy atom. The van der Waals surface area contributed by atoms with Crippen molar-refractivity contribution in [3.63, 3.8) is 0 Å². The summed E-state index contributed by atoms with van der Waals surface area (Å²) in [5.74, 6) is 0. The number of hydrogen-bond donors (Lipinski definition) is 0. The summed E-state index contributed by atoms with van der Waals surface area (Å²) in [4.78, 5) is 0. The van der Waals surface area contributed by atoms with Gasteiger partial charge in [-0.3, -0.25) is 0 Å². The summed E-state index contributed by atoms with van der Waals surface area (Å²) in [7, 11) is 0. The molecule has 0 N–H and O–H groups in total. The fourth-order valence-electron chi connectivity index (χ4n) is 5.12. The second-order valence-electron chi connectivity index (χ2n) is 8.88. The topological polar surface area (TPSA) is 20.5 Å². The zero-order valence-corrected chi connectivity index (χ0v) is 20.0. The van der Waals surface area contributed by atoms with E-state index < -0.39 is 0 Å². The van der Waals surface area contributed by atoms with Crippen LogP contribution in [0.4, 0.5) is 11.4 Å². The molecule has 0 aliphatic rings. The Bertz CT molecular complexity index is 1640. The molecule has 3 nitrogen and oxygen atoms in total. The third-order valence-corrected chi connectivity index (χ3v) is 6.73. The Hall–Kier alpha value is -4.37. The molecule has 0 aliphatic heterocycles. The molecule has 6 aromatic rings. The van der Waals surface area contributed by atoms with Crippen molar-refractivity contribution in [3.8, 4) is 0 Å². The predicted molar refractivity (Wildman–Crippen MR) is 150 cm³/mol. The van der Waals surface area contributed by atoms with Crippen molar-refractivity contribution in [2.24, 2.45) is 5.10 Å². The molecular weight excluding hydrogens is 426 g/mol. The number of benzene rings is 5. The molecule has 0 saturated heterocycles. The van der Waals surface area contributed by atoms with Gasteiger partial charge in [0, 0.05) is 28.2 Å². The fourth-order valence-corrected chi connectivity index (χ4v) is 5.12. The van der Waals surface area contributed by atoms with Crippen LogP contribution in [0.15, 0.2) is 114 Å². The van der Waals surface area contributed by atoms with Crippen molar-refractivity contribution in [1.82, 2.24) is 4.57 Å². The number of aromatic nitrogens is 1. The number of para-hydroxylation sites is 2. The molecule has 0 saturated carbocycles. The zero-order chi connectivity index (χ0) is 23.8. The highest BCUT2D eigenvalue weighted by atomic mass is 15.5. The van der Waals surface area contributed by atoms with E-state index in [-0.39, 0.29) is 0 Å². The van der Waals surface area contributed by atoms with Crippen LogP contribution in [0.2, 0.25) is 0 Å². The summed E-state index contributed by atoms with van der Waals surface area (Å²) in [6.07, 6.45) is 1.96. The maximum absolute atomic E-state index is 4.92. The molecule has 1 heterocycles. The third kappa shape index (κ3) is 3.66. The van der Waals surface area contributed by atoms with Gasteiger partial charge in [0.1, 0.15) is 0 Å². The van der Waals surface area contributed by atoms with Crippen molar-refractivity contribution in [1.29, 1.82) is 0 Å². The Labute approximate surface area is 205 Å². The van der Waals surface area contributed by atoms with Gasteiger partial charge in [-0.25, -0.2) is 5.01 Å². The van der Waals surface area contributed by atoms with Crippen molar-refractivity contribution < 1.29 is 0 Å². The van der Waals surface area contributed by atoms with Gasteiger partial charge in [0.2, 0.25) is 0 Å². The molecule has 0 aliphatic carbocycles. The van der Waals surface area contributed by atoms with Crippen LogP contribution in [0.5, 0.6) is 0 Å². The van der Waals surface area contributed by atoms with Gasteiger partial charge in [-0.15, -0.1) is 0 Å². The van der Waals surface area contributed by atoms with E-state index >= 15 is 0 Å². The van der Waals surface area contributed by atoms with Crippen LogP contribution in [0.1, 0.15) is 18.1 Å². The lowest BCUT2D eigenvalue weighted by Gasteiger charge is -2.19. The van der Waals surface area contributed by atoms with Crippen LogP contribution >= 0.6 is 0 Å². The lowest BCUT2D eigenvalue weighted by atomic mass is 10.0. The monoisotopic (exact) mass is 453 g/mol. The average Bonchev–Trinajstić information content (AvgIpc) is 3.23. The number of anilines is 2. The van der Waals surface area contributed by atoms with Crippen LogP contribution in [-0.4, -0.2) is 10.8 Å². The number of fused-ring (bicyclic) bond motifs is 5. The zero-order valence-electron chi connectivity index (χ0n) is 20.0. The molecule has 6 rings (SSSR count). The van der Waals surface area contributed by atoms with Gasteiger partial charge >= 0.3 is 0 Å². The Kier molecular flexibility index (Phi) is 5.31.